The first-order valence-corrected chi connectivity index (χ1v) is 10.2. The predicted molar refractivity (Wildman–Crippen MR) is 108 cm³/mol. The van der Waals surface area contributed by atoms with Gasteiger partial charge in [0.2, 0.25) is 17.7 Å². The number of rotatable bonds is 5. The number of benzene rings is 1. The Morgan fingerprint density at radius 1 is 1.21 bits per heavy atom. The first-order chi connectivity index (χ1) is 13.5. The van der Waals surface area contributed by atoms with Crippen LogP contribution in [0.25, 0.3) is 11.3 Å². The van der Waals surface area contributed by atoms with Gasteiger partial charge in [0, 0.05) is 29.6 Å². The zero-order chi connectivity index (χ0) is 19.7. The van der Waals surface area contributed by atoms with Gasteiger partial charge in [-0.3, -0.25) is 19.3 Å². The smallest absolute Gasteiger partial charge is 0.233 e. The lowest BCUT2D eigenvalue weighted by molar-refractivity contribution is -0.140. The number of anilines is 1. The van der Waals surface area contributed by atoms with Crippen molar-refractivity contribution in [1.29, 1.82) is 0 Å². The van der Waals surface area contributed by atoms with Crippen LogP contribution in [0.5, 0.6) is 0 Å². The topological polar surface area (TPSA) is 79.4 Å². The van der Waals surface area contributed by atoms with E-state index in [9.17, 15) is 14.4 Å². The lowest BCUT2D eigenvalue weighted by Gasteiger charge is -2.14. The van der Waals surface area contributed by atoms with Gasteiger partial charge in [0.05, 0.1) is 22.5 Å². The number of carbonyl (C=O) groups is 3. The molecule has 0 saturated carbocycles. The number of nitrogens with zero attached hydrogens (tertiary/aromatic N) is 2. The van der Waals surface area contributed by atoms with Gasteiger partial charge in [-0.15, -0.1) is 11.3 Å². The first kappa shape index (κ1) is 18.6. The maximum atomic E-state index is 12.5. The molecule has 7 heteroatoms. The Hall–Kier alpha value is -2.80. The molecular weight excluding hydrogens is 374 g/mol. The molecule has 1 aliphatic carbocycles. The minimum absolute atomic E-state index is 0.0877. The quantitative estimate of drug-likeness (QED) is 0.622. The van der Waals surface area contributed by atoms with E-state index in [0.29, 0.717) is 18.5 Å². The van der Waals surface area contributed by atoms with Crippen molar-refractivity contribution in [3.05, 3.63) is 46.8 Å². The molecule has 4 rings (SSSR count). The molecule has 2 heterocycles. The van der Waals surface area contributed by atoms with Crippen molar-refractivity contribution in [2.75, 3.05) is 11.9 Å². The normalized spacial score (nSPS) is 21.1. The van der Waals surface area contributed by atoms with Gasteiger partial charge in [-0.1, -0.05) is 24.3 Å². The SMILES string of the molecule is Cc1nc(-c2cccc(NC(=O)CCN3C(=O)C4CC=CCC4C3=O)c2)cs1. The number of carbonyl (C=O) groups excluding carboxylic acids is 3. The van der Waals surface area contributed by atoms with Crippen LogP contribution in [0.2, 0.25) is 0 Å². The Kier molecular flexibility index (Phi) is 5.09. The summed E-state index contributed by atoms with van der Waals surface area (Å²) in [6.45, 7) is 2.08. The molecule has 2 aliphatic rings. The van der Waals surface area contributed by atoms with Crippen molar-refractivity contribution in [3.63, 3.8) is 0 Å². The lowest BCUT2D eigenvalue weighted by Crippen LogP contribution is -2.34. The standard InChI is InChI=1S/C21H21N3O3S/c1-13-22-18(12-28-13)14-5-4-6-15(11-14)23-19(25)9-10-24-20(26)16-7-2-3-8-17(16)21(24)27/h2-6,11-12,16-17H,7-10H2,1H3,(H,23,25). The van der Waals surface area contributed by atoms with Gasteiger partial charge >= 0.3 is 0 Å². The van der Waals surface area contributed by atoms with Gasteiger partial charge in [0.1, 0.15) is 0 Å². The molecule has 28 heavy (non-hydrogen) atoms. The number of nitrogens with one attached hydrogen (secondary N) is 1. The maximum Gasteiger partial charge on any atom is 0.233 e. The maximum absolute atomic E-state index is 12.5. The van der Waals surface area contributed by atoms with Crippen LogP contribution in [0.1, 0.15) is 24.3 Å². The molecule has 1 aliphatic heterocycles. The van der Waals surface area contributed by atoms with Crippen LogP contribution in [0, 0.1) is 18.8 Å². The number of amides is 3. The Labute approximate surface area is 167 Å². The van der Waals surface area contributed by atoms with E-state index in [1.165, 1.54) is 4.90 Å². The minimum Gasteiger partial charge on any atom is -0.326 e. The lowest BCUT2D eigenvalue weighted by atomic mass is 9.85. The van der Waals surface area contributed by atoms with E-state index in [0.717, 1.165) is 16.3 Å². The van der Waals surface area contributed by atoms with E-state index >= 15 is 0 Å². The summed E-state index contributed by atoms with van der Waals surface area (Å²) in [6, 6.07) is 7.50. The molecule has 0 spiro atoms. The monoisotopic (exact) mass is 395 g/mol. The van der Waals surface area contributed by atoms with E-state index in [2.05, 4.69) is 10.3 Å². The fourth-order valence-electron chi connectivity index (χ4n) is 3.78. The third kappa shape index (κ3) is 3.62. The second kappa shape index (κ2) is 7.67. The van der Waals surface area contributed by atoms with Crippen molar-refractivity contribution in [3.8, 4) is 11.3 Å². The van der Waals surface area contributed by atoms with Crippen LogP contribution < -0.4 is 5.32 Å². The second-order valence-corrected chi connectivity index (χ2v) is 8.18. The molecule has 3 amide bonds. The predicted octanol–water partition coefficient (Wildman–Crippen LogP) is 3.40. The van der Waals surface area contributed by atoms with Crippen molar-refractivity contribution in [2.45, 2.75) is 26.2 Å². The molecule has 1 N–H and O–H groups in total. The number of hydrogen-bond donors (Lipinski definition) is 1. The number of allylic oxidation sites excluding steroid dienone is 2. The van der Waals surface area contributed by atoms with Gasteiger partial charge in [-0.25, -0.2) is 4.98 Å². The minimum atomic E-state index is -0.251. The van der Waals surface area contributed by atoms with Crippen LogP contribution in [0.15, 0.2) is 41.8 Å². The molecule has 1 aromatic carbocycles. The van der Waals surface area contributed by atoms with Gasteiger partial charge in [0.15, 0.2) is 0 Å². The fraction of sp³-hybridized carbons (Fsp3) is 0.333. The van der Waals surface area contributed by atoms with Crippen LogP contribution in [0.3, 0.4) is 0 Å². The van der Waals surface area contributed by atoms with E-state index in [4.69, 9.17) is 0 Å². The molecule has 6 nitrogen and oxygen atoms in total. The zero-order valence-electron chi connectivity index (χ0n) is 15.6. The van der Waals surface area contributed by atoms with E-state index < -0.39 is 0 Å². The molecule has 1 saturated heterocycles. The number of hydrogen-bond acceptors (Lipinski definition) is 5. The zero-order valence-corrected chi connectivity index (χ0v) is 16.4. The highest BCUT2D eigenvalue weighted by Gasteiger charge is 2.46. The van der Waals surface area contributed by atoms with Crippen molar-refractivity contribution >= 4 is 34.7 Å². The van der Waals surface area contributed by atoms with Crippen LogP contribution in [-0.2, 0) is 14.4 Å². The summed E-state index contributed by atoms with van der Waals surface area (Å²) < 4.78 is 0. The van der Waals surface area contributed by atoms with Crippen LogP contribution >= 0.6 is 11.3 Å². The molecular formula is C21H21N3O3S. The number of thiazole rings is 1. The Balaban J connectivity index is 1.36. The molecule has 0 radical (unpaired) electrons. The first-order valence-electron chi connectivity index (χ1n) is 9.35. The van der Waals surface area contributed by atoms with Crippen molar-refractivity contribution in [2.24, 2.45) is 11.8 Å². The van der Waals surface area contributed by atoms with Crippen molar-refractivity contribution in [1.82, 2.24) is 9.88 Å². The summed E-state index contributed by atoms with van der Waals surface area (Å²) >= 11 is 1.58. The Morgan fingerprint density at radius 2 is 1.93 bits per heavy atom. The van der Waals surface area contributed by atoms with Crippen LogP contribution in [-0.4, -0.2) is 34.2 Å². The third-order valence-corrected chi connectivity index (χ3v) is 6.00. The molecule has 0 bridgehead atoms. The van der Waals surface area contributed by atoms with E-state index in [1.54, 1.807) is 11.3 Å². The molecule has 1 aromatic heterocycles. The second-order valence-electron chi connectivity index (χ2n) is 7.11. The number of imide groups is 1. The Morgan fingerprint density at radius 3 is 2.57 bits per heavy atom. The summed E-state index contributed by atoms with van der Waals surface area (Å²) in [5.74, 6) is -1.01. The number of likely N-dealkylation sites (tertiary alicyclic amines) is 1. The van der Waals surface area contributed by atoms with Crippen molar-refractivity contribution < 1.29 is 14.4 Å². The third-order valence-electron chi connectivity index (χ3n) is 5.22. The summed E-state index contributed by atoms with van der Waals surface area (Å²) in [7, 11) is 0. The van der Waals surface area contributed by atoms with E-state index in [1.807, 2.05) is 48.7 Å². The number of aryl methyl sites for hydroxylation is 1. The summed E-state index contributed by atoms with van der Waals surface area (Å²) in [6.07, 6.45) is 5.23. The largest absolute Gasteiger partial charge is 0.326 e. The average Bonchev–Trinajstić information content (AvgIpc) is 3.23. The summed E-state index contributed by atoms with van der Waals surface area (Å²) in [5.41, 5.74) is 2.48. The highest BCUT2D eigenvalue weighted by molar-refractivity contribution is 7.09. The Bertz CT molecular complexity index is 939. The summed E-state index contributed by atoms with van der Waals surface area (Å²) in [4.78, 5) is 43.0. The van der Waals surface area contributed by atoms with E-state index in [-0.39, 0.29) is 42.5 Å². The molecule has 144 valence electrons. The van der Waals surface area contributed by atoms with Crippen LogP contribution in [0.4, 0.5) is 5.69 Å². The number of aromatic nitrogens is 1. The molecule has 1 fully saturated rings. The van der Waals surface area contributed by atoms with Gasteiger partial charge in [0.25, 0.3) is 0 Å². The fourth-order valence-corrected chi connectivity index (χ4v) is 4.40. The van der Waals surface area contributed by atoms with Gasteiger partial charge in [-0.2, -0.15) is 0 Å². The highest BCUT2D eigenvalue weighted by atomic mass is 32.1. The highest BCUT2D eigenvalue weighted by Crippen LogP contribution is 2.35. The molecule has 2 aromatic rings. The average molecular weight is 395 g/mol. The summed E-state index contributed by atoms with van der Waals surface area (Å²) in [5, 5.41) is 5.82. The number of fused-ring (bicyclic) bond motifs is 1. The van der Waals surface area contributed by atoms with Gasteiger partial charge in [-0.05, 0) is 31.9 Å². The molecule has 2 unspecified atom stereocenters. The van der Waals surface area contributed by atoms with Gasteiger partial charge < -0.3 is 5.32 Å². The molecule has 2 atom stereocenters.